The van der Waals surface area contributed by atoms with Crippen LogP contribution >= 0.6 is 11.6 Å². The Morgan fingerprint density at radius 3 is 2.42 bits per heavy atom. The first-order valence-electron chi connectivity index (χ1n) is 13.2. The maximum Gasteiger partial charge on any atom is 0.261 e. The Morgan fingerprint density at radius 1 is 1.05 bits per heavy atom. The Hall–Kier alpha value is -3.88. The van der Waals surface area contributed by atoms with Gasteiger partial charge in [0.25, 0.3) is 16.8 Å². The minimum atomic E-state index is -0.670. The van der Waals surface area contributed by atoms with Crippen molar-refractivity contribution in [2.24, 2.45) is 5.41 Å². The summed E-state index contributed by atoms with van der Waals surface area (Å²) in [6.07, 6.45) is 0.735. The van der Waals surface area contributed by atoms with E-state index in [1.165, 1.54) is 0 Å². The molecule has 0 saturated heterocycles. The van der Waals surface area contributed by atoms with Crippen molar-refractivity contribution in [3.05, 3.63) is 102 Å². The molecule has 3 aromatic carbocycles. The second kappa shape index (κ2) is 10.3. The number of hydrogen-bond acceptors (Lipinski definition) is 7. The number of aliphatic hydroxyl groups is 1. The second-order valence-electron chi connectivity index (χ2n) is 11.3. The van der Waals surface area contributed by atoms with Crippen LogP contribution in [0.3, 0.4) is 0 Å². The lowest BCUT2D eigenvalue weighted by atomic mass is 9.85. The molecule has 1 atom stereocenters. The number of hydrogen-bond donors (Lipinski definition) is 3. The van der Waals surface area contributed by atoms with Gasteiger partial charge in [0, 0.05) is 22.6 Å². The molecule has 3 N–H and O–H groups in total. The normalized spacial score (nSPS) is 14.1. The fourth-order valence-electron chi connectivity index (χ4n) is 5.13. The van der Waals surface area contributed by atoms with Crippen LogP contribution in [-0.4, -0.2) is 11.0 Å². The van der Waals surface area contributed by atoms with Crippen LogP contribution in [0.2, 0.25) is 5.02 Å². The van der Waals surface area contributed by atoms with Crippen LogP contribution in [0.1, 0.15) is 72.3 Å². The summed E-state index contributed by atoms with van der Waals surface area (Å²) < 4.78 is 5.99. The molecular weight excluding hydrogens is 530 g/mol. The van der Waals surface area contributed by atoms with Gasteiger partial charge >= 0.3 is 0 Å². The van der Waals surface area contributed by atoms with Crippen molar-refractivity contribution in [1.82, 2.24) is 0 Å². The minimum Gasteiger partial charge on any atom is -0.464 e. The maximum atomic E-state index is 13.7. The summed E-state index contributed by atoms with van der Waals surface area (Å²) in [7, 11) is 0. The van der Waals surface area contributed by atoms with Crippen LogP contribution in [0.5, 0.6) is 0 Å². The van der Waals surface area contributed by atoms with Crippen molar-refractivity contribution >= 4 is 40.3 Å². The van der Waals surface area contributed by atoms with E-state index in [9.17, 15) is 19.5 Å². The molecule has 1 aromatic heterocycles. The third-order valence-electron chi connectivity index (χ3n) is 7.37. The lowest BCUT2D eigenvalue weighted by Crippen LogP contribution is -2.39. The molecule has 0 fully saturated rings. The Balaban J connectivity index is 1.50. The molecule has 9 heteroatoms. The van der Waals surface area contributed by atoms with Crippen LogP contribution in [0.15, 0.2) is 56.5 Å². The number of furan rings is 1. The van der Waals surface area contributed by atoms with Gasteiger partial charge < -0.3 is 25.1 Å². The van der Waals surface area contributed by atoms with Crippen LogP contribution in [-0.2, 0) is 19.6 Å². The number of aliphatic hydroxyl groups excluding tert-OH is 1. The third kappa shape index (κ3) is 4.71. The van der Waals surface area contributed by atoms with Gasteiger partial charge in [-0.15, -0.1) is 0 Å². The number of aryl methyl sites for hydroxylation is 2. The maximum absolute atomic E-state index is 13.7. The van der Waals surface area contributed by atoms with Gasteiger partial charge in [-0.1, -0.05) is 51.4 Å². The van der Waals surface area contributed by atoms with E-state index in [4.69, 9.17) is 16.0 Å². The van der Waals surface area contributed by atoms with Gasteiger partial charge in [-0.3, -0.25) is 14.4 Å². The molecule has 8 nitrogen and oxygen atoms in total. The molecular formula is C31H32ClN3O5. The summed E-state index contributed by atoms with van der Waals surface area (Å²) >= 11 is 6.52. The van der Waals surface area contributed by atoms with Crippen LogP contribution in [0.4, 0.5) is 22.7 Å². The third-order valence-corrected chi connectivity index (χ3v) is 7.73. The molecule has 0 unspecified atom stereocenters. The molecule has 0 spiro atoms. The first kappa shape index (κ1) is 27.7. The highest BCUT2D eigenvalue weighted by Crippen LogP contribution is 2.41. The fraction of sp³-hybridized carbons (Fsp3) is 0.323. The number of nitrogens with zero attached hydrogens (tertiary/aromatic N) is 1. The molecule has 0 bridgehead atoms. The standard InChI is InChI=1S/C31H32ClN3O5/c1-6-18-9-12-23(40-18)29(31(3,4)5)34-26-25(27(37)28(26)38)33-21-11-10-20(32)19-14-35(30(39)24(19)21)22-13-16(2)7-8-17(22)15-36/h7-13,29,33-34,36H,6,14-15H2,1-5H3/t29-/m0/s1. The molecule has 1 aliphatic rings. The molecule has 4 aromatic rings. The number of amides is 1. The van der Waals surface area contributed by atoms with Gasteiger partial charge in [0.05, 0.1) is 36.1 Å². The Morgan fingerprint density at radius 2 is 1.77 bits per heavy atom. The van der Waals surface area contributed by atoms with Crippen LogP contribution < -0.4 is 26.4 Å². The summed E-state index contributed by atoms with van der Waals surface area (Å²) in [6, 6.07) is 12.2. The van der Waals surface area contributed by atoms with Crippen LogP contribution in [0.25, 0.3) is 0 Å². The van der Waals surface area contributed by atoms with E-state index in [0.717, 1.165) is 17.7 Å². The van der Waals surface area contributed by atoms with Crippen molar-refractivity contribution < 1.29 is 14.3 Å². The van der Waals surface area contributed by atoms with E-state index in [1.807, 2.05) is 58.9 Å². The monoisotopic (exact) mass is 561 g/mol. The number of anilines is 4. The predicted octanol–water partition coefficient (Wildman–Crippen LogP) is 6.00. The van der Waals surface area contributed by atoms with Crippen molar-refractivity contribution in [3.8, 4) is 0 Å². The molecule has 5 rings (SSSR count). The smallest absolute Gasteiger partial charge is 0.261 e. The Bertz CT molecular complexity index is 1690. The lowest BCUT2D eigenvalue weighted by Gasteiger charge is -2.31. The molecule has 1 amide bonds. The molecule has 2 heterocycles. The Kier molecular flexibility index (Phi) is 7.10. The SMILES string of the molecule is CCc1ccc([C@H](Nc2c(Nc3ccc(Cl)c4c3C(=O)N(c3cc(C)ccc3CO)C4)c(=O)c2=O)C(C)(C)C)o1. The number of halogens is 1. The lowest BCUT2D eigenvalue weighted by molar-refractivity contribution is 0.0997. The predicted molar refractivity (Wildman–Crippen MR) is 158 cm³/mol. The van der Waals surface area contributed by atoms with Gasteiger partial charge in [-0.05, 0) is 48.2 Å². The first-order valence-corrected chi connectivity index (χ1v) is 13.6. The van der Waals surface area contributed by atoms with Gasteiger partial charge in [-0.25, -0.2) is 0 Å². The first-order chi connectivity index (χ1) is 18.9. The van der Waals surface area contributed by atoms with Crippen molar-refractivity contribution in [3.63, 3.8) is 0 Å². The highest BCUT2D eigenvalue weighted by atomic mass is 35.5. The van der Waals surface area contributed by atoms with Gasteiger partial charge in [0.1, 0.15) is 22.9 Å². The van der Waals surface area contributed by atoms with Crippen molar-refractivity contribution in [2.75, 3.05) is 15.5 Å². The van der Waals surface area contributed by atoms with E-state index in [0.29, 0.717) is 38.8 Å². The van der Waals surface area contributed by atoms with E-state index in [1.54, 1.807) is 23.1 Å². The summed E-state index contributed by atoms with van der Waals surface area (Å²) in [6.45, 7) is 9.94. The van der Waals surface area contributed by atoms with Gasteiger partial charge in [0.2, 0.25) is 0 Å². The molecule has 208 valence electrons. The zero-order valence-corrected chi connectivity index (χ0v) is 23.9. The number of rotatable bonds is 8. The van der Waals surface area contributed by atoms with Crippen LogP contribution in [0, 0.1) is 12.3 Å². The zero-order valence-electron chi connectivity index (χ0n) is 23.1. The molecule has 1 aliphatic heterocycles. The molecule has 0 radical (unpaired) electrons. The average Bonchev–Trinajstić information content (AvgIpc) is 3.53. The molecule has 0 saturated carbocycles. The van der Waals surface area contributed by atoms with Gasteiger partial charge in [0.15, 0.2) is 0 Å². The van der Waals surface area contributed by atoms with E-state index in [2.05, 4.69) is 10.6 Å². The number of nitrogens with one attached hydrogen (secondary N) is 2. The van der Waals surface area contributed by atoms with Crippen molar-refractivity contribution in [1.29, 1.82) is 0 Å². The molecule has 40 heavy (non-hydrogen) atoms. The van der Waals surface area contributed by atoms with Gasteiger partial charge in [-0.2, -0.15) is 0 Å². The number of fused-ring (bicyclic) bond motifs is 1. The molecule has 0 aliphatic carbocycles. The highest BCUT2D eigenvalue weighted by molar-refractivity contribution is 6.33. The number of carbonyl (C=O) groups excluding carboxylic acids is 1. The summed E-state index contributed by atoms with van der Waals surface area (Å²) in [5, 5.41) is 16.6. The number of benzene rings is 2. The second-order valence-corrected chi connectivity index (χ2v) is 11.7. The minimum absolute atomic E-state index is 0.0869. The zero-order chi connectivity index (χ0) is 28.9. The Labute approximate surface area is 237 Å². The van der Waals surface area contributed by atoms with E-state index < -0.39 is 10.9 Å². The summed E-state index contributed by atoms with van der Waals surface area (Å²) in [4.78, 5) is 40.8. The highest BCUT2D eigenvalue weighted by Gasteiger charge is 2.36. The van der Waals surface area contributed by atoms with E-state index in [-0.39, 0.29) is 41.9 Å². The largest absolute Gasteiger partial charge is 0.464 e. The quantitative estimate of drug-likeness (QED) is 0.226. The summed E-state index contributed by atoms with van der Waals surface area (Å²) in [5.74, 6) is 1.18. The summed E-state index contributed by atoms with van der Waals surface area (Å²) in [5.41, 5.74) is 2.03. The van der Waals surface area contributed by atoms with E-state index >= 15 is 0 Å². The van der Waals surface area contributed by atoms with Crippen molar-refractivity contribution in [2.45, 2.75) is 60.2 Å². The number of carbonyl (C=O) groups is 1. The fourth-order valence-corrected chi connectivity index (χ4v) is 5.34. The average molecular weight is 562 g/mol. The topological polar surface area (TPSA) is 112 Å².